The predicted molar refractivity (Wildman–Crippen MR) is 101 cm³/mol. The lowest BCUT2D eigenvalue weighted by molar-refractivity contribution is 0.581. The van der Waals surface area contributed by atoms with E-state index in [4.69, 9.17) is 0 Å². The minimum Gasteiger partial charge on any atom is -0.361 e. The van der Waals surface area contributed by atoms with Crippen molar-refractivity contribution in [2.75, 3.05) is 17.1 Å². The molecule has 0 radical (unpaired) electrons. The van der Waals surface area contributed by atoms with E-state index in [0.717, 1.165) is 35.1 Å². The number of sulfonamides is 1. The van der Waals surface area contributed by atoms with Crippen molar-refractivity contribution in [3.05, 3.63) is 47.8 Å². The van der Waals surface area contributed by atoms with E-state index in [1.807, 2.05) is 48.1 Å². The highest BCUT2D eigenvalue weighted by Gasteiger charge is 2.21. The number of nitrogens with zero attached hydrogens (tertiary/aromatic N) is 3. The fourth-order valence-electron chi connectivity index (χ4n) is 3.06. The van der Waals surface area contributed by atoms with Crippen molar-refractivity contribution in [1.29, 1.82) is 0 Å². The van der Waals surface area contributed by atoms with Gasteiger partial charge in [0, 0.05) is 41.9 Å². The van der Waals surface area contributed by atoms with Crippen LogP contribution in [0.4, 0.5) is 5.82 Å². The molecular formula is C18H24N4O2S. The zero-order chi connectivity index (χ0) is 18.0. The summed E-state index contributed by atoms with van der Waals surface area (Å²) < 4.78 is 27.9. The summed E-state index contributed by atoms with van der Waals surface area (Å²) in [7, 11) is -3.40. The van der Waals surface area contributed by atoms with Crippen LogP contribution < -0.4 is 4.31 Å². The van der Waals surface area contributed by atoms with Gasteiger partial charge >= 0.3 is 0 Å². The fourth-order valence-corrected chi connectivity index (χ4v) is 3.92. The predicted octanol–water partition coefficient (Wildman–Crippen LogP) is 3.09. The molecule has 2 heterocycles. The Morgan fingerprint density at radius 3 is 2.76 bits per heavy atom. The van der Waals surface area contributed by atoms with E-state index in [1.165, 1.54) is 10.6 Å². The first kappa shape index (κ1) is 17.5. The molecule has 3 aromatic rings. The van der Waals surface area contributed by atoms with Crippen molar-refractivity contribution in [1.82, 2.24) is 14.8 Å². The number of benzene rings is 1. The van der Waals surface area contributed by atoms with Crippen LogP contribution >= 0.6 is 0 Å². The Bertz CT molecular complexity index is 972. The lowest BCUT2D eigenvalue weighted by Crippen LogP contribution is -2.32. The van der Waals surface area contributed by atoms with E-state index in [9.17, 15) is 8.42 Å². The van der Waals surface area contributed by atoms with E-state index >= 15 is 0 Å². The number of hydrogen-bond donors (Lipinski definition) is 1. The highest BCUT2D eigenvalue weighted by atomic mass is 32.2. The first-order chi connectivity index (χ1) is 11.9. The summed E-state index contributed by atoms with van der Waals surface area (Å²) in [6.45, 7) is 5.17. The molecule has 2 aromatic heterocycles. The number of aromatic nitrogens is 3. The standard InChI is InChI=1S/C18H24N4O2S/c1-4-10-21-14(2)12-18(20-21)22(25(3,23)24)11-9-15-13-19-17-8-6-5-7-16(15)17/h5-8,12-13,19H,4,9-11H2,1-3H3. The van der Waals surface area contributed by atoms with Gasteiger partial charge in [-0.05, 0) is 31.4 Å². The quantitative estimate of drug-likeness (QED) is 0.704. The highest BCUT2D eigenvalue weighted by molar-refractivity contribution is 7.92. The van der Waals surface area contributed by atoms with E-state index in [-0.39, 0.29) is 0 Å². The van der Waals surface area contributed by atoms with E-state index in [2.05, 4.69) is 17.0 Å². The van der Waals surface area contributed by atoms with Crippen LogP contribution in [0.25, 0.3) is 10.9 Å². The number of aromatic amines is 1. The smallest absolute Gasteiger partial charge is 0.233 e. The summed E-state index contributed by atoms with van der Waals surface area (Å²) in [6.07, 6.45) is 4.76. The molecule has 25 heavy (non-hydrogen) atoms. The van der Waals surface area contributed by atoms with Gasteiger partial charge in [-0.25, -0.2) is 8.42 Å². The molecular weight excluding hydrogens is 336 g/mol. The summed E-state index contributed by atoms with van der Waals surface area (Å²) in [4.78, 5) is 3.23. The molecule has 134 valence electrons. The first-order valence-corrected chi connectivity index (χ1v) is 10.3. The molecule has 0 fully saturated rings. The highest BCUT2D eigenvalue weighted by Crippen LogP contribution is 2.22. The molecule has 0 atom stereocenters. The van der Waals surface area contributed by atoms with Gasteiger partial charge in [0.2, 0.25) is 10.0 Å². The van der Waals surface area contributed by atoms with Gasteiger partial charge in [-0.2, -0.15) is 5.10 Å². The molecule has 1 aromatic carbocycles. The Balaban J connectivity index is 1.86. The Morgan fingerprint density at radius 2 is 2.04 bits per heavy atom. The van der Waals surface area contributed by atoms with Gasteiger partial charge in [-0.1, -0.05) is 25.1 Å². The van der Waals surface area contributed by atoms with E-state index in [0.29, 0.717) is 18.8 Å². The van der Waals surface area contributed by atoms with Crippen molar-refractivity contribution in [2.45, 2.75) is 33.2 Å². The maximum Gasteiger partial charge on any atom is 0.233 e. The van der Waals surface area contributed by atoms with Crippen LogP contribution in [-0.2, 0) is 23.0 Å². The lowest BCUT2D eigenvalue weighted by atomic mass is 10.1. The van der Waals surface area contributed by atoms with Crippen LogP contribution in [0.2, 0.25) is 0 Å². The van der Waals surface area contributed by atoms with Gasteiger partial charge in [0.15, 0.2) is 5.82 Å². The van der Waals surface area contributed by atoms with Crippen LogP contribution in [0.15, 0.2) is 36.5 Å². The van der Waals surface area contributed by atoms with Gasteiger partial charge < -0.3 is 4.98 Å². The maximum absolute atomic E-state index is 12.3. The van der Waals surface area contributed by atoms with Crippen LogP contribution in [0.1, 0.15) is 24.6 Å². The normalized spacial score (nSPS) is 12.0. The topological polar surface area (TPSA) is 71.0 Å². The van der Waals surface area contributed by atoms with Crippen molar-refractivity contribution >= 4 is 26.7 Å². The Morgan fingerprint density at radius 1 is 1.28 bits per heavy atom. The molecule has 0 aliphatic rings. The van der Waals surface area contributed by atoms with Gasteiger partial charge in [0.1, 0.15) is 0 Å². The largest absolute Gasteiger partial charge is 0.361 e. The van der Waals surface area contributed by atoms with Crippen LogP contribution in [0, 0.1) is 6.92 Å². The maximum atomic E-state index is 12.3. The molecule has 0 saturated heterocycles. The average Bonchev–Trinajstić information content (AvgIpc) is 3.11. The van der Waals surface area contributed by atoms with E-state index < -0.39 is 10.0 Å². The molecule has 0 aliphatic heterocycles. The minimum absolute atomic E-state index is 0.364. The third kappa shape index (κ3) is 3.71. The molecule has 0 bridgehead atoms. The second-order valence-corrected chi connectivity index (χ2v) is 8.22. The second-order valence-electron chi connectivity index (χ2n) is 6.31. The van der Waals surface area contributed by atoms with Gasteiger partial charge in [0.25, 0.3) is 0 Å². The minimum atomic E-state index is -3.40. The summed E-state index contributed by atoms with van der Waals surface area (Å²) >= 11 is 0. The van der Waals surface area contributed by atoms with Crippen molar-refractivity contribution in [2.24, 2.45) is 0 Å². The number of rotatable bonds is 7. The zero-order valence-electron chi connectivity index (χ0n) is 14.9. The SMILES string of the molecule is CCCn1nc(N(CCc2c[nH]c3ccccc23)S(C)(=O)=O)cc1C. The summed E-state index contributed by atoms with van der Waals surface area (Å²) in [5.74, 6) is 0.494. The van der Waals surface area contributed by atoms with Gasteiger partial charge in [-0.15, -0.1) is 0 Å². The summed E-state index contributed by atoms with van der Waals surface area (Å²) in [5.41, 5.74) is 3.14. The summed E-state index contributed by atoms with van der Waals surface area (Å²) in [5, 5.41) is 5.61. The second kappa shape index (κ2) is 6.92. The number of anilines is 1. The molecule has 0 aliphatic carbocycles. The first-order valence-electron chi connectivity index (χ1n) is 8.47. The monoisotopic (exact) mass is 360 g/mol. The number of hydrogen-bond acceptors (Lipinski definition) is 3. The van der Waals surface area contributed by atoms with Crippen molar-refractivity contribution < 1.29 is 8.42 Å². The van der Waals surface area contributed by atoms with E-state index in [1.54, 1.807) is 0 Å². The van der Waals surface area contributed by atoms with Crippen LogP contribution in [-0.4, -0.2) is 36.0 Å². The van der Waals surface area contributed by atoms with Crippen molar-refractivity contribution in [3.8, 4) is 0 Å². The molecule has 7 heteroatoms. The molecule has 0 amide bonds. The van der Waals surface area contributed by atoms with Crippen LogP contribution in [0.5, 0.6) is 0 Å². The number of fused-ring (bicyclic) bond motifs is 1. The number of H-pyrrole nitrogens is 1. The summed E-state index contributed by atoms with van der Waals surface area (Å²) in [6, 6.07) is 9.87. The van der Waals surface area contributed by atoms with Crippen LogP contribution in [0.3, 0.4) is 0 Å². The van der Waals surface area contributed by atoms with Crippen molar-refractivity contribution in [3.63, 3.8) is 0 Å². The molecule has 0 unspecified atom stereocenters. The van der Waals surface area contributed by atoms with Gasteiger partial charge in [-0.3, -0.25) is 8.99 Å². The van der Waals surface area contributed by atoms with Gasteiger partial charge in [0.05, 0.1) is 6.26 Å². The number of para-hydroxylation sites is 1. The molecule has 0 saturated carbocycles. The molecule has 3 rings (SSSR count). The molecule has 6 nitrogen and oxygen atoms in total. The third-order valence-corrected chi connectivity index (χ3v) is 5.49. The average molecular weight is 360 g/mol. The number of aryl methyl sites for hydroxylation is 2. The fraction of sp³-hybridized carbons (Fsp3) is 0.389. The Hall–Kier alpha value is -2.28. The zero-order valence-corrected chi connectivity index (χ0v) is 15.7. The molecule has 1 N–H and O–H groups in total. The number of nitrogens with one attached hydrogen (secondary N) is 1. The lowest BCUT2D eigenvalue weighted by Gasteiger charge is -2.19. The third-order valence-electron chi connectivity index (χ3n) is 4.32. The Labute approximate surface area is 148 Å². The molecule has 0 spiro atoms. The Kier molecular flexibility index (Phi) is 4.85.